The van der Waals surface area contributed by atoms with Gasteiger partial charge in [-0.2, -0.15) is 4.89 Å². The summed E-state index contributed by atoms with van der Waals surface area (Å²) in [4.78, 5) is 23.8. The molecule has 1 atom stereocenters. The van der Waals surface area contributed by atoms with Crippen LogP contribution in [0.4, 0.5) is 4.79 Å². The molecule has 0 bridgehead atoms. The first-order chi connectivity index (χ1) is 10.2. The van der Waals surface area contributed by atoms with Gasteiger partial charge in [0.1, 0.15) is 0 Å². The summed E-state index contributed by atoms with van der Waals surface area (Å²) in [5.74, 6) is 0. The largest absolute Gasteiger partial charge is 0.436 e. The van der Waals surface area contributed by atoms with E-state index < -0.39 is 17.1 Å². The third-order valence-electron chi connectivity index (χ3n) is 3.74. The van der Waals surface area contributed by atoms with E-state index in [2.05, 4.69) is 9.87 Å². The van der Waals surface area contributed by atoms with Crippen LogP contribution in [-0.4, -0.2) is 22.8 Å². The first kappa shape index (κ1) is 16.7. The molecule has 1 amide bonds. The molecule has 1 unspecified atom stereocenters. The molecule has 1 aromatic carbocycles. The summed E-state index contributed by atoms with van der Waals surface area (Å²) in [6, 6.07) is 5.71. The normalized spacial score (nSPS) is 14.7. The molecule has 0 aliphatic heterocycles. The summed E-state index contributed by atoms with van der Waals surface area (Å²) in [6.45, 7) is 5.85. The monoisotopic (exact) mass is 324 g/mol. The van der Waals surface area contributed by atoms with Gasteiger partial charge in [0.2, 0.25) is 0 Å². The van der Waals surface area contributed by atoms with Gasteiger partial charge in [0, 0.05) is 6.42 Å². The Hall–Kier alpha value is -1.70. The highest BCUT2D eigenvalue weighted by atomic mass is 32.1. The van der Waals surface area contributed by atoms with Gasteiger partial charge in [-0.05, 0) is 23.1 Å². The Bertz CT molecular complexity index is 665. The van der Waals surface area contributed by atoms with Crippen LogP contribution in [0, 0.1) is 5.41 Å². The minimum Gasteiger partial charge on any atom is -0.385 e. The van der Waals surface area contributed by atoms with Gasteiger partial charge < -0.3 is 10.8 Å². The number of hydrogen-bond donors (Lipinski definition) is 2. The van der Waals surface area contributed by atoms with Gasteiger partial charge >= 0.3 is 6.09 Å². The molecule has 22 heavy (non-hydrogen) atoms. The molecule has 1 heterocycles. The number of primary amides is 1. The summed E-state index contributed by atoms with van der Waals surface area (Å²) in [5, 5.41) is 11.2. The second-order valence-electron chi connectivity index (χ2n) is 6.12. The maximum atomic E-state index is 11.2. The van der Waals surface area contributed by atoms with Crippen molar-refractivity contribution in [3.05, 3.63) is 29.3 Å². The lowest BCUT2D eigenvalue weighted by molar-refractivity contribution is -0.247. The molecule has 2 rings (SSSR count). The number of benzene rings is 1. The van der Waals surface area contributed by atoms with Gasteiger partial charge in [-0.3, -0.25) is 4.89 Å². The zero-order chi connectivity index (χ0) is 16.4. The Morgan fingerprint density at radius 2 is 2.14 bits per heavy atom. The second-order valence-corrected chi connectivity index (χ2v) is 7.01. The zero-order valence-corrected chi connectivity index (χ0v) is 13.6. The Morgan fingerprint density at radius 1 is 1.41 bits per heavy atom. The third kappa shape index (κ3) is 3.37. The molecule has 0 radical (unpaired) electrons. The molecular weight excluding hydrogens is 304 g/mol. The summed E-state index contributed by atoms with van der Waals surface area (Å²) >= 11 is 1.55. The zero-order valence-electron chi connectivity index (χ0n) is 12.8. The molecule has 7 heteroatoms. The SMILES string of the molecule is CC(C)(C)C(O)(CCOOC(N)=O)c1ccc2scnc2c1. The van der Waals surface area contributed by atoms with Crippen molar-refractivity contribution in [2.24, 2.45) is 11.1 Å². The van der Waals surface area contributed by atoms with E-state index in [1.165, 1.54) is 0 Å². The molecule has 3 N–H and O–H groups in total. The van der Waals surface area contributed by atoms with Crippen LogP contribution in [0.25, 0.3) is 10.2 Å². The number of carbonyl (C=O) groups is 1. The molecule has 0 fully saturated rings. The predicted molar refractivity (Wildman–Crippen MR) is 84.2 cm³/mol. The van der Waals surface area contributed by atoms with Crippen LogP contribution in [0.3, 0.4) is 0 Å². The van der Waals surface area contributed by atoms with E-state index in [1.807, 2.05) is 39.0 Å². The van der Waals surface area contributed by atoms with Gasteiger partial charge in [-0.25, -0.2) is 9.78 Å². The maximum absolute atomic E-state index is 11.2. The van der Waals surface area contributed by atoms with Crippen LogP contribution in [0.2, 0.25) is 0 Å². The van der Waals surface area contributed by atoms with Crippen LogP contribution >= 0.6 is 11.3 Å². The molecule has 0 spiro atoms. The average Bonchev–Trinajstić information content (AvgIpc) is 2.89. The van der Waals surface area contributed by atoms with E-state index in [1.54, 1.807) is 16.8 Å². The third-order valence-corrected chi connectivity index (χ3v) is 4.55. The fourth-order valence-electron chi connectivity index (χ4n) is 2.36. The van der Waals surface area contributed by atoms with E-state index in [4.69, 9.17) is 10.6 Å². The van der Waals surface area contributed by atoms with Crippen LogP contribution in [0.5, 0.6) is 0 Å². The number of rotatable bonds is 5. The van der Waals surface area contributed by atoms with Gasteiger partial charge in [0.05, 0.1) is 27.9 Å². The van der Waals surface area contributed by atoms with Gasteiger partial charge in [0.15, 0.2) is 0 Å². The molecule has 120 valence electrons. The van der Waals surface area contributed by atoms with E-state index in [0.717, 1.165) is 15.8 Å². The van der Waals surface area contributed by atoms with Crippen molar-refractivity contribution < 1.29 is 19.7 Å². The number of thiazole rings is 1. The van der Waals surface area contributed by atoms with Crippen molar-refractivity contribution in [2.45, 2.75) is 32.8 Å². The summed E-state index contributed by atoms with van der Waals surface area (Å²) < 4.78 is 1.06. The van der Waals surface area contributed by atoms with Crippen molar-refractivity contribution in [1.82, 2.24) is 4.98 Å². The van der Waals surface area contributed by atoms with Gasteiger partial charge in [-0.15, -0.1) is 11.3 Å². The van der Waals surface area contributed by atoms with E-state index >= 15 is 0 Å². The number of fused-ring (bicyclic) bond motifs is 1. The standard InChI is InChI=1S/C15H20N2O4S/c1-14(2,3)15(19,6-7-20-21-13(16)18)10-4-5-12-11(8-10)17-9-22-12/h4-5,8-9,19H,6-7H2,1-3H3,(H2,16,18). The Balaban J connectivity index is 2.26. The molecule has 2 aromatic rings. The summed E-state index contributed by atoms with van der Waals surface area (Å²) in [7, 11) is 0. The van der Waals surface area contributed by atoms with Gasteiger partial charge in [0.25, 0.3) is 0 Å². The predicted octanol–water partition coefficient (Wildman–Crippen LogP) is 2.95. The van der Waals surface area contributed by atoms with E-state index in [9.17, 15) is 9.90 Å². The minimum atomic E-state index is -1.16. The number of nitrogens with two attached hydrogens (primary N) is 1. The highest BCUT2D eigenvalue weighted by molar-refractivity contribution is 7.16. The van der Waals surface area contributed by atoms with Gasteiger partial charge in [-0.1, -0.05) is 26.8 Å². The van der Waals surface area contributed by atoms with Crippen LogP contribution in [0.15, 0.2) is 23.7 Å². The van der Waals surface area contributed by atoms with Crippen LogP contribution in [0.1, 0.15) is 32.8 Å². The molecule has 0 aliphatic rings. The van der Waals surface area contributed by atoms with Crippen molar-refractivity contribution >= 4 is 27.6 Å². The first-order valence-corrected chi connectivity index (χ1v) is 7.77. The minimum absolute atomic E-state index is 0.0335. The number of aliphatic hydroxyl groups is 1. The molecule has 1 aromatic heterocycles. The van der Waals surface area contributed by atoms with Crippen molar-refractivity contribution in [1.29, 1.82) is 0 Å². The highest BCUT2D eigenvalue weighted by Gasteiger charge is 2.41. The second kappa shape index (κ2) is 6.20. The quantitative estimate of drug-likeness (QED) is 0.501. The van der Waals surface area contributed by atoms with Crippen molar-refractivity contribution in [2.75, 3.05) is 6.61 Å². The summed E-state index contributed by atoms with van der Waals surface area (Å²) in [5.41, 5.74) is 6.59. The number of hydrogen-bond acceptors (Lipinski definition) is 6. The van der Waals surface area contributed by atoms with E-state index in [-0.39, 0.29) is 13.0 Å². The number of amides is 1. The number of carbonyl (C=O) groups excluding carboxylic acids is 1. The topological polar surface area (TPSA) is 94.7 Å². The van der Waals surface area contributed by atoms with Crippen molar-refractivity contribution in [3.63, 3.8) is 0 Å². The van der Waals surface area contributed by atoms with Crippen molar-refractivity contribution in [3.8, 4) is 0 Å². The number of aromatic nitrogens is 1. The molecule has 0 saturated carbocycles. The molecule has 0 saturated heterocycles. The molecule has 6 nitrogen and oxygen atoms in total. The fourth-order valence-corrected chi connectivity index (χ4v) is 3.02. The molecule has 0 aliphatic carbocycles. The lowest BCUT2D eigenvalue weighted by Crippen LogP contribution is -2.41. The maximum Gasteiger partial charge on any atom is 0.436 e. The number of nitrogens with zero attached hydrogens (tertiary/aromatic N) is 1. The average molecular weight is 324 g/mol. The van der Waals surface area contributed by atoms with Crippen LogP contribution < -0.4 is 5.73 Å². The molecular formula is C15H20N2O4S. The lowest BCUT2D eigenvalue weighted by atomic mass is 9.70. The Labute approximate surface area is 132 Å². The summed E-state index contributed by atoms with van der Waals surface area (Å²) in [6.07, 6.45) is -0.762. The fraction of sp³-hybridized carbons (Fsp3) is 0.467. The Morgan fingerprint density at radius 3 is 2.77 bits per heavy atom. The van der Waals surface area contributed by atoms with Crippen LogP contribution in [-0.2, 0) is 15.4 Å². The smallest absolute Gasteiger partial charge is 0.385 e. The lowest BCUT2D eigenvalue weighted by Gasteiger charge is -2.40. The highest BCUT2D eigenvalue weighted by Crippen LogP contribution is 2.42. The van der Waals surface area contributed by atoms with E-state index in [0.29, 0.717) is 0 Å². The Kier molecular flexibility index (Phi) is 4.69. The first-order valence-electron chi connectivity index (χ1n) is 6.89.